The molecule has 4 nitrogen and oxygen atoms in total. The van der Waals surface area contributed by atoms with Gasteiger partial charge in [-0.3, -0.25) is 4.90 Å². The van der Waals surface area contributed by atoms with E-state index in [2.05, 4.69) is 18.2 Å². The highest BCUT2D eigenvalue weighted by molar-refractivity contribution is 5.68. The number of ether oxygens (including phenoxy) is 1. The molecule has 0 spiro atoms. The highest BCUT2D eigenvalue weighted by Gasteiger charge is 2.39. The molecular formula is C21H27NO3. The Bertz CT molecular complexity index is 681. The van der Waals surface area contributed by atoms with Crippen LogP contribution in [0.1, 0.15) is 19.4 Å². The normalized spacial score (nSPS) is 18.7. The van der Waals surface area contributed by atoms with E-state index in [1.165, 1.54) is 0 Å². The molecule has 2 aromatic carbocycles. The molecule has 1 saturated heterocycles. The quantitative estimate of drug-likeness (QED) is 0.878. The smallest absolute Gasteiger partial charge is 0.134 e. The summed E-state index contributed by atoms with van der Waals surface area (Å²) in [6.45, 7) is 6.42. The van der Waals surface area contributed by atoms with Gasteiger partial charge in [0.05, 0.1) is 13.2 Å². The van der Waals surface area contributed by atoms with E-state index in [1.807, 2.05) is 55.1 Å². The molecule has 0 aliphatic carbocycles. The maximum atomic E-state index is 11.0. The van der Waals surface area contributed by atoms with Crippen molar-refractivity contribution in [3.05, 3.63) is 60.2 Å². The van der Waals surface area contributed by atoms with Crippen LogP contribution in [0.5, 0.6) is 0 Å². The van der Waals surface area contributed by atoms with Crippen molar-refractivity contribution in [1.29, 1.82) is 0 Å². The zero-order valence-corrected chi connectivity index (χ0v) is 14.9. The van der Waals surface area contributed by atoms with Crippen molar-refractivity contribution >= 4 is 0 Å². The minimum absolute atomic E-state index is 0.588. The average Bonchev–Trinajstić information content (AvgIpc) is 2.68. The number of rotatable bonds is 5. The minimum Gasteiger partial charge on any atom is -0.388 e. The number of nitrogens with zero attached hydrogens (tertiary/aromatic N) is 1. The van der Waals surface area contributed by atoms with Crippen LogP contribution in [0.15, 0.2) is 54.6 Å². The van der Waals surface area contributed by atoms with Gasteiger partial charge in [0.15, 0.2) is 0 Å². The lowest BCUT2D eigenvalue weighted by Gasteiger charge is -2.41. The van der Waals surface area contributed by atoms with E-state index >= 15 is 0 Å². The number of benzene rings is 2. The van der Waals surface area contributed by atoms with Crippen LogP contribution < -0.4 is 0 Å². The predicted octanol–water partition coefficient (Wildman–Crippen LogP) is 2.64. The first kappa shape index (κ1) is 18.1. The molecule has 2 N–H and O–H groups in total. The molecule has 134 valence electrons. The van der Waals surface area contributed by atoms with Crippen LogP contribution in [0.25, 0.3) is 11.1 Å². The van der Waals surface area contributed by atoms with Crippen LogP contribution in [0.3, 0.4) is 0 Å². The topological polar surface area (TPSA) is 52.9 Å². The highest BCUT2D eigenvalue weighted by Crippen LogP contribution is 2.36. The molecule has 4 heteroatoms. The molecule has 2 atom stereocenters. The van der Waals surface area contributed by atoms with E-state index in [9.17, 15) is 10.2 Å². The molecule has 0 aromatic heterocycles. The van der Waals surface area contributed by atoms with Crippen LogP contribution in [0, 0.1) is 0 Å². The first-order valence-electron chi connectivity index (χ1n) is 8.84. The largest absolute Gasteiger partial charge is 0.388 e. The average molecular weight is 341 g/mol. The number of morpholine rings is 1. The van der Waals surface area contributed by atoms with Gasteiger partial charge in [0.2, 0.25) is 0 Å². The van der Waals surface area contributed by atoms with Gasteiger partial charge in [-0.1, -0.05) is 68.4 Å². The molecule has 3 rings (SSSR count). The van der Waals surface area contributed by atoms with Crippen molar-refractivity contribution in [2.24, 2.45) is 0 Å². The maximum Gasteiger partial charge on any atom is 0.134 e. The summed E-state index contributed by atoms with van der Waals surface area (Å²) in [5, 5.41) is 21.7. The second kappa shape index (κ2) is 7.67. The summed E-state index contributed by atoms with van der Waals surface area (Å²) in [5.74, 6) is 0. The monoisotopic (exact) mass is 341 g/mol. The van der Waals surface area contributed by atoms with Crippen molar-refractivity contribution in [1.82, 2.24) is 4.90 Å². The van der Waals surface area contributed by atoms with Crippen molar-refractivity contribution in [3.63, 3.8) is 0 Å². The molecule has 0 radical (unpaired) electrons. The molecule has 1 fully saturated rings. The standard InChI is InChI=1S/C21H27NO3/c1-21(2,19(23)20(24)22-12-14-25-15-13-22)18-11-7-6-10-17(18)16-8-4-3-5-9-16/h3-11,19-20,23-24H,12-15H2,1-2H3. The Kier molecular flexibility index (Phi) is 5.54. The van der Waals surface area contributed by atoms with Gasteiger partial charge in [-0.15, -0.1) is 0 Å². The minimum atomic E-state index is -0.914. The molecule has 2 aromatic rings. The summed E-state index contributed by atoms with van der Waals surface area (Å²) >= 11 is 0. The van der Waals surface area contributed by atoms with Gasteiger partial charge in [0.25, 0.3) is 0 Å². The van der Waals surface area contributed by atoms with Crippen molar-refractivity contribution in [2.75, 3.05) is 26.3 Å². The molecule has 0 bridgehead atoms. The fourth-order valence-corrected chi connectivity index (χ4v) is 3.49. The van der Waals surface area contributed by atoms with Gasteiger partial charge in [0.1, 0.15) is 12.3 Å². The zero-order valence-electron chi connectivity index (χ0n) is 14.9. The molecular weight excluding hydrogens is 314 g/mol. The van der Waals surface area contributed by atoms with E-state index in [4.69, 9.17) is 4.74 Å². The Balaban J connectivity index is 1.91. The summed E-state index contributed by atoms with van der Waals surface area (Å²) in [5.41, 5.74) is 2.62. The zero-order chi connectivity index (χ0) is 17.9. The van der Waals surface area contributed by atoms with Gasteiger partial charge in [0, 0.05) is 18.5 Å². The van der Waals surface area contributed by atoms with Crippen molar-refractivity contribution in [2.45, 2.75) is 31.6 Å². The van der Waals surface area contributed by atoms with Crippen molar-refractivity contribution < 1.29 is 14.9 Å². The lowest BCUT2D eigenvalue weighted by molar-refractivity contribution is -0.131. The first-order valence-corrected chi connectivity index (χ1v) is 8.84. The van der Waals surface area contributed by atoms with E-state index in [0.717, 1.165) is 16.7 Å². The number of aliphatic hydroxyl groups excluding tert-OH is 2. The lowest BCUT2D eigenvalue weighted by Crippen LogP contribution is -2.54. The van der Waals surface area contributed by atoms with Crippen LogP contribution in [0.4, 0.5) is 0 Å². The molecule has 1 aliphatic rings. The summed E-state index contributed by atoms with van der Waals surface area (Å²) in [7, 11) is 0. The maximum absolute atomic E-state index is 11.0. The van der Waals surface area contributed by atoms with E-state index in [1.54, 1.807) is 0 Å². The fourth-order valence-electron chi connectivity index (χ4n) is 3.49. The first-order chi connectivity index (χ1) is 12.0. The summed E-state index contributed by atoms with van der Waals surface area (Å²) < 4.78 is 5.34. The Morgan fingerprint density at radius 1 is 0.920 bits per heavy atom. The molecule has 0 saturated carbocycles. The van der Waals surface area contributed by atoms with E-state index in [0.29, 0.717) is 26.3 Å². The van der Waals surface area contributed by atoms with Gasteiger partial charge < -0.3 is 14.9 Å². The number of hydrogen-bond acceptors (Lipinski definition) is 4. The van der Waals surface area contributed by atoms with Crippen LogP contribution in [-0.2, 0) is 10.2 Å². The number of hydrogen-bond donors (Lipinski definition) is 2. The third-order valence-electron chi connectivity index (χ3n) is 5.15. The van der Waals surface area contributed by atoms with Gasteiger partial charge in [-0.25, -0.2) is 0 Å². The third kappa shape index (κ3) is 3.77. The predicted molar refractivity (Wildman–Crippen MR) is 99.3 cm³/mol. The molecule has 1 heterocycles. The third-order valence-corrected chi connectivity index (χ3v) is 5.15. The van der Waals surface area contributed by atoms with Gasteiger partial charge in [-0.05, 0) is 16.7 Å². The molecule has 1 aliphatic heterocycles. The van der Waals surface area contributed by atoms with Crippen LogP contribution in [-0.4, -0.2) is 53.7 Å². The highest BCUT2D eigenvalue weighted by atomic mass is 16.5. The Hall–Kier alpha value is -1.72. The van der Waals surface area contributed by atoms with Gasteiger partial charge >= 0.3 is 0 Å². The Labute approximate surface area is 149 Å². The molecule has 0 amide bonds. The van der Waals surface area contributed by atoms with Crippen LogP contribution >= 0.6 is 0 Å². The van der Waals surface area contributed by atoms with Crippen LogP contribution in [0.2, 0.25) is 0 Å². The fraction of sp³-hybridized carbons (Fsp3) is 0.429. The second-order valence-corrected chi connectivity index (χ2v) is 7.14. The summed E-state index contributed by atoms with van der Waals surface area (Å²) in [4.78, 5) is 1.89. The van der Waals surface area contributed by atoms with Crippen molar-refractivity contribution in [3.8, 4) is 11.1 Å². The SMILES string of the molecule is CC(C)(c1ccccc1-c1ccccc1)C(O)C(O)N1CCOCC1. The summed E-state index contributed by atoms with van der Waals surface area (Å²) in [6.07, 6.45) is -1.82. The second-order valence-electron chi connectivity index (χ2n) is 7.14. The summed E-state index contributed by atoms with van der Waals surface area (Å²) in [6, 6.07) is 18.3. The Morgan fingerprint density at radius 2 is 1.52 bits per heavy atom. The molecule has 2 unspecified atom stereocenters. The lowest BCUT2D eigenvalue weighted by atomic mass is 9.75. The molecule has 25 heavy (non-hydrogen) atoms. The van der Waals surface area contributed by atoms with E-state index in [-0.39, 0.29) is 0 Å². The van der Waals surface area contributed by atoms with E-state index < -0.39 is 17.7 Å². The number of aliphatic hydroxyl groups is 2. The Morgan fingerprint density at radius 3 is 2.20 bits per heavy atom. The van der Waals surface area contributed by atoms with Gasteiger partial charge in [-0.2, -0.15) is 0 Å².